The summed E-state index contributed by atoms with van der Waals surface area (Å²) < 4.78 is 0. The SMILES string of the molecule is OC1CCCC(N2CCN(CC3CC3)CC2)C1. The molecule has 2 atom stereocenters. The molecule has 0 aromatic heterocycles. The maximum atomic E-state index is 9.75. The smallest absolute Gasteiger partial charge is 0.0555 e. The summed E-state index contributed by atoms with van der Waals surface area (Å²) in [6, 6.07) is 0.668. The zero-order chi connectivity index (χ0) is 11.7. The van der Waals surface area contributed by atoms with Crippen molar-refractivity contribution in [1.82, 2.24) is 9.80 Å². The molecule has 0 aromatic rings. The number of hydrogen-bond acceptors (Lipinski definition) is 3. The molecule has 1 N–H and O–H groups in total. The second kappa shape index (κ2) is 5.25. The van der Waals surface area contributed by atoms with E-state index < -0.39 is 0 Å². The van der Waals surface area contributed by atoms with Gasteiger partial charge in [0.1, 0.15) is 0 Å². The van der Waals surface area contributed by atoms with Gasteiger partial charge in [-0.1, -0.05) is 0 Å². The molecule has 0 radical (unpaired) electrons. The predicted octanol–water partition coefficient (Wildman–Crippen LogP) is 1.32. The Kier molecular flexibility index (Phi) is 3.69. The largest absolute Gasteiger partial charge is 0.393 e. The average molecular weight is 238 g/mol. The van der Waals surface area contributed by atoms with E-state index in [0.29, 0.717) is 6.04 Å². The van der Waals surface area contributed by atoms with Crippen LogP contribution in [0.1, 0.15) is 38.5 Å². The summed E-state index contributed by atoms with van der Waals surface area (Å²) in [7, 11) is 0. The first-order valence-electron chi connectivity index (χ1n) is 7.46. The Morgan fingerprint density at radius 2 is 1.71 bits per heavy atom. The van der Waals surface area contributed by atoms with Crippen LogP contribution in [0.3, 0.4) is 0 Å². The summed E-state index contributed by atoms with van der Waals surface area (Å²) in [5.41, 5.74) is 0. The van der Waals surface area contributed by atoms with E-state index >= 15 is 0 Å². The van der Waals surface area contributed by atoms with Gasteiger partial charge in [0, 0.05) is 38.8 Å². The highest BCUT2D eigenvalue weighted by Gasteiger charge is 2.30. The van der Waals surface area contributed by atoms with Crippen LogP contribution < -0.4 is 0 Å². The van der Waals surface area contributed by atoms with Gasteiger partial charge in [-0.15, -0.1) is 0 Å². The van der Waals surface area contributed by atoms with E-state index in [1.54, 1.807) is 0 Å². The molecular weight excluding hydrogens is 212 g/mol. The minimum Gasteiger partial charge on any atom is -0.393 e. The van der Waals surface area contributed by atoms with E-state index in [1.807, 2.05) is 0 Å². The van der Waals surface area contributed by atoms with Crippen molar-refractivity contribution in [2.45, 2.75) is 50.7 Å². The van der Waals surface area contributed by atoms with E-state index in [4.69, 9.17) is 0 Å². The van der Waals surface area contributed by atoms with E-state index in [1.165, 1.54) is 58.4 Å². The Hall–Kier alpha value is -0.120. The minimum absolute atomic E-state index is 0.0294. The van der Waals surface area contributed by atoms with Crippen LogP contribution in [-0.2, 0) is 0 Å². The zero-order valence-electron chi connectivity index (χ0n) is 10.9. The molecule has 2 aliphatic carbocycles. The first kappa shape index (κ1) is 11.9. The van der Waals surface area contributed by atoms with Gasteiger partial charge in [0.2, 0.25) is 0 Å². The van der Waals surface area contributed by atoms with Gasteiger partial charge >= 0.3 is 0 Å². The minimum atomic E-state index is -0.0294. The van der Waals surface area contributed by atoms with Crippen molar-refractivity contribution < 1.29 is 5.11 Å². The molecule has 2 saturated carbocycles. The second-order valence-electron chi connectivity index (χ2n) is 6.25. The lowest BCUT2D eigenvalue weighted by Crippen LogP contribution is -2.52. The summed E-state index contributed by atoms with van der Waals surface area (Å²) >= 11 is 0. The molecule has 17 heavy (non-hydrogen) atoms. The number of hydrogen-bond donors (Lipinski definition) is 1. The van der Waals surface area contributed by atoms with Crippen molar-refractivity contribution >= 4 is 0 Å². The molecule has 3 nitrogen and oxygen atoms in total. The highest BCUT2D eigenvalue weighted by Crippen LogP contribution is 2.30. The fourth-order valence-corrected chi connectivity index (χ4v) is 3.45. The van der Waals surface area contributed by atoms with Gasteiger partial charge < -0.3 is 10.0 Å². The van der Waals surface area contributed by atoms with Crippen molar-refractivity contribution in [3.63, 3.8) is 0 Å². The van der Waals surface area contributed by atoms with Crippen molar-refractivity contribution in [3.8, 4) is 0 Å². The molecule has 0 bridgehead atoms. The molecule has 3 aliphatic rings. The third-order valence-electron chi connectivity index (χ3n) is 4.76. The van der Waals surface area contributed by atoms with E-state index in [2.05, 4.69) is 9.80 Å². The fraction of sp³-hybridized carbons (Fsp3) is 1.00. The molecule has 0 spiro atoms. The van der Waals surface area contributed by atoms with Gasteiger partial charge in [0.05, 0.1) is 6.10 Å². The van der Waals surface area contributed by atoms with Crippen LogP contribution in [0.5, 0.6) is 0 Å². The van der Waals surface area contributed by atoms with Gasteiger partial charge in [-0.25, -0.2) is 0 Å². The lowest BCUT2D eigenvalue weighted by Gasteiger charge is -2.41. The van der Waals surface area contributed by atoms with Crippen LogP contribution in [0.4, 0.5) is 0 Å². The Morgan fingerprint density at radius 1 is 0.941 bits per heavy atom. The first-order valence-corrected chi connectivity index (χ1v) is 7.46. The topological polar surface area (TPSA) is 26.7 Å². The number of nitrogens with zero attached hydrogens (tertiary/aromatic N) is 2. The first-order chi connectivity index (χ1) is 8.31. The number of aliphatic hydroxyl groups is 1. The maximum absolute atomic E-state index is 9.75. The van der Waals surface area contributed by atoms with Crippen LogP contribution in [0.15, 0.2) is 0 Å². The second-order valence-corrected chi connectivity index (χ2v) is 6.25. The standard InChI is InChI=1S/C14H26N2O/c17-14-3-1-2-13(10-14)16-8-6-15(7-9-16)11-12-4-5-12/h12-14,17H,1-11H2. The van der Waals surface area contributed by atoms with Gasteiger partial charge in [0.15, 0.2) is 0 Å². The summed E-state index contributed by atoms with van der Waals surface area (Å²) in [6.07, 6.45) is 7.47. The highest BCUT2D eigenvalue weighted by atomic mass is 16.3. The Morgan fingerprint density at radius 3 is 2.35 bits per heavy atom. The monoisotopic (exact) mass is 238 g/mol. The molecule has 1 heterocycles. The van der Waals surface area contributed by atoms with Crippen LogP contribution in [0.25, 0.3) is 0 Å². The lowest BCUT2D eigenvalue weighted by atomic mass is 9.91. The summed E-state index contributed by atoms with van der Waals surface area (Å²) in [6.45, 7) is 6.31. The zero-order valence-corrected chi connectivity index (χ0v) is 10.9. The number of piperazine rings is 1. The summed E-state index contributed by atoms with van der Waals surface area (Å²) in [5.74, 6) is 1.03. The Labute approximate surface area is 105 Å². The van der Waals surface area contributed by atoms with Gasteiger partial charge in [0.25, 0.3) is 0 Å². The normalized spacial score (nSPS) is 37.2. The molecule has 2 unspecified atom stereocenters. The van der Waals surface area contributed by atoms with Gasteiger partial charge in [-0.3, -0.25) is 4.90 Å². The molecule has 3 rings (SSSR count). The van der Waals surface area contributed by atoms with Crippen LogP contribution >= 0.6 is 0 Å². The quantitative estimate of drug-likeness (QED) is 0.803. The summed E-state index contributed by atoms with van der Waals surface area (Å²) in [4.78, 5) is 5.28. The Bertz CT molecular complexity index is 247. The van der Waals surface area contributed by atoms with Gasteiger partial charge in [-0.05, 0) is 44.4 Å². The van der Waals surface area contributed by atoms with Crippen molar-refractivity contribution in [2.75, 3.05) is 32.7 Å². The van der Waals surface area contributed by atoms with E-state index in [-0.39, 0.29) is 6.10 Å². The van der Waals surface area contributed by atoms with Crippen LogP contribution in [-0.4, -0.2) is 59.8 Å². The molecule has 3 fully saturated rings. The lowest BCUT2D eigenvalue weighted by molar-refractivity contribution is 0.0330. The molecular formula is C14H26N2O. The maximum Gasteiger partial charge on any atom is 0.0555 e. The predicted molar refractivity (Wildman–Crippen MR) is 69.0 cm³/mol. The van der Waals surface area contributed by atoms with Crippen LogP contribution in [0, 0.1) is 5.92 Å². The molecule has 0 aromatic carbocycles. The van der Waals surface area contributed by atoms with E-state index in [9.17, 15) is 5.11 Å². The number of rotatable bonds is 3. The van der Waals surface area contributed by atoms with Gasteiger partial charge in [-0.2, -0.15) is 0 Å². The molecule has 98 valence electrons. The summed E-state index contributed by atoms with van der Waals surface area (Å²) in [5, 5.41) is 9.75. The molecule has 0 amide bonds. The fourth-order valence-electron chi connectivity index (χ4n) is 3.45. The number of aliphatic hydroxyl groups excluding tert-OH is 1. The Balaban J connectivity index is 1.43. The molecule has 3 heteroatoms. The van der Waals surface area contributed by atoms with Crippen molar-refractivity contribution in [1.29, 1.82) is 0 Å². The van der Waals surface area contributed by atoms with Crippen molar-refractivity contribution in [3.05, 3.63) is 0 Å². The third kappa shape index (κ3) is 3.21. The molecule has 1 saturated heterocycles. The average Bonchev–Trinajstić information content (AvgIpc) is 3.14. The van der Waals surface area contributed by atoms with E-state index in [0.717, 1.165) is 18.8 Å². The van der Waals surface area contributed by atoms with Crippen molar-refractivity contribution in [2.24, 2.45) is 5.92 Å². The third-order valence-corrected chi connectivity index (χ3v) is 4.76. The highest BCUT2D eigenvalue weighted by molar-refractivity contribution is 4.85. The van der Waals surface area contributed by atoms with Crippen LogP contribution in [0.2, 0.25) is 0 Å². The molecule has 1 aliphatic heterocycles.